The third-order valence-electron chi connectivity index (χ3n) is 3.17. The summed E-state index contributed by atoms with van der Waals surface area (Å²) in [4.78, 5) is 11.1. The highest BCUT2D eigenvalue weighted by atomic mass is 35.5. The Kier molecular flexibility index (Phi) is 7.19. The molecule has 20 heavy (non-hydrogen) atoms. The molecule has 0 saturated heterocycles. The summed E-state index contributed by atoms with van der Waals surface area (Å²) in [5.74, 6) is 1.62. The van der Waals surface area contributed by atoms with Gasteiger partial charge in [-0.2, -0.15) is 0 Å². The van der Waals surface area contributed by atoms with E-state index in [1.54, 1.807) is 14.2 Å². The molecule has 0 fully saturated rings. The third kappa shape index (κ3) is 4.30. The molecule has 0 N–H and O–H groups in total. The summed E-state index contributed by atoms with van der Waals surface area (Å²) < 4.78 is 10.4. The number of methoxy groups -OCH3 is 2. The van der Waals surface area contributed by atoms with Crippen molar-refractivity contribution in [3.8, 4) is 0 Å². The van der Waals surface area contributed by atoms with Crippen LogP contribution in [0.3, 0.4) is 0 Å². The van der Waals surface area contributed by atoms with E-state index in [9.17, 15) is 0 Å². The molecule has 0 aliphatic rings. The maximum absolute atomic E-state index is 6.22. The second-order valence-electron chi connectivity index (χ2n) is 4.72. The number of nitrogens with zero attached hydrogens (tertiary/aromatic N) is 3. The monoisotopic (exact) mass is 301 g/mol. The number of ether oxygens (including phenoxy) is 2. The molecule has 0 aromatic carbocycles. The molecule has 1 heterocycles. The predicted molar refractivity (Wildman–Crippen MR) is 81.7 cm³/mol. The van der Waals surface area contributed by atoms with Crippen LogP contribution in [0, 0.1) is 6.92 Å². The van der Waals surface area contributed by atoms with Gasteiger partial charge >= 0.3 is 0 Å². The first kappa shape index (κ1) is 17.1. The zero-order chi connectivity index (χ0) is 15.1. The first-order valence-corrected chi connectivity index (χ1v) is 7.20. The molecule has 1 aromatic rings. The standard InChI is InChI=1S/C14H24ClN3O2/c1-6-12-16-13(15)11(3)14(17-12)18(7-8-19-4)10(2)9-20-5/h10H,6-9H2,1-5H3. The normalized spacial score (nSPS) is 12.5. The fraction of sp³-hybridized carbons (Fsp3) is 0.714. The van der Waals surface area contributed by atoms with Gasteiger partial charge in [-0.1, -0.05) is 18.5 Å². The Morgan fingerprint density at radius 3 is 2.50 bits per heavy atom. The predicted octanol–water partition coefficient (Wildman–Crippen LogP) is 2.49. The van der Waals surface area contributed by atoms with Crippen molar-refractivity contribution in [1.82, 2.24) is 9.97 Å². The van der Waals surface area contributed by atoms with Crippen molar-refractivity contribution in [3.05, 3.63) is 16.5 Å². The lowest BCUT2D eigenvalue weighted by Crippen LogP contribution is -2.40. The Hall–Kier alpha value is -0.910. The van der Waals surface area contributed by atoms with E-state index in [-0.39, 0.29) is 6.04 Å². The summed E-state index contributed by atoms with van der Waals surface area (Å²) in [7, 11) is 3.39. The van der Waals surface area contributed by atoms with Crippen LogP contribution in [0.25, 0.3) is 0 Å². The summed E-state index contributed by atoms with van der Waals surface area (Å²) in [6.07, 6.45) is 0.754. The SMILES string of the molecule is CCc1nc(Cl)c(C)c(N(CCOC)C(C)COC)n1. The average molecular weight is 302 g/mol. The second kappa shape index (κ2) is 8.39. The van der Waals surface area contributed by atoms with Crippen LogP contribution < -0.4 is 4.90 Å². The van der Waals surface area contributed by atoms with E-state index in [1.165, 1.54) is 0 Å². The molecule has 1 unspecified atom stereocenters. The summed E-state index contributed by atoms with van der Waals surface area (Å²) in [6, 6.07) is 0.185. The number of halogens is 1. The molecule has 0 amide bonds. The van der Waals surface area contributed by atoms with Gasteiger partial charge in [-0.3, -0.25) is 0 Å². The van der Waals surface area contributed by atoms with Gasteiger partial charge < -0.3 is 14.4 Å². The fourth-order valence-electron chi connectivity index (χ4n) is 2.01. The molecule has 0 aliphatic heterocycles. The quantitative estimate of drug-likeness (QED) is 0.690. The molecule has 5 nitrogen and oxygen atoms in total. The zero-order valence-corrected chi connectivity index (χ0v) is 13.7. The summed E-state index contributed by atoms with van der Waals surface area (Å²) in [6.45, 7) is 8.03. The van der Waals surface area contributed by atoms with Crippen molar-refractivity contribution in [2.45, 2.75) is 33.2 Å². The van der Waals surface area contributed by atoms with Gasteiger partial charge in [0, 0.05) is 32.7 Å². The largest absolute Gasteiger partial charge is 0.383 e. The highest BCUT2D eigenvalue weighted by Crippen LogP contribution is 2.25. The lowest BCUT2D eigenvalue weighted by atomic mass is 10.2. The van der Waals surface area contributed by atoms with Crippen LogP contribution in [0.5, 0.6) is 0 Å². The van der Waals surface area contributed by atoms with Crippen LogP contribution >= 0.6 is 11.6 Å². The molecular formula is C14H24ClN3O2. The van der Waals surface area contributed by atoms with Gasteiger partial charge in [-0.15, -0.1) is 0 Å². The van der Waals surface area contributed by atoms with Crippen molar-refractivity contribution >= 4 is 17.4 Å². The lowest BCUT2D eigenvalue weighted by Gasteiger charge is -2.31. The summed E-state index contributed by atoms with van der Waals surface area (Å²) in [5.41, 5.74) is 0.892. The smallest absolute Gasteiger partial charge is 0.137 e. The van der Waals surface area contributed by atoms with E-state index < -0.39 is 0 Å². The number of aryl methyl sites for hydroxylation is 1. The van der Waals surface area contributed by atoms with E-state index in [0.717, 1.165) is 30.2 Å². The number of hydrogen-bond donors (Lipinski definition) is 0. The van der Waals surface area contributed by atoms with Crippen molar-refractivity contribution < 1.29 is 9.47 Å². The van der Waals surface area contributed by atoms with Gasteiger partial charge in [0.05, 0.1) is 19.3 Å². The maximum atomic E-state index is 6.22. The molecule has 1 aromatic heterocycles. The van der Waals surface area contributed by atoms with Crippen LogP contribution in [0.1, 0.15) is 25.2 Å². The highest BCUT2D eigenvalue weighted by molar-refractivity contribution is 6.30. The second-order valence-corrected chi connectivity index (χ2v) is 5.08. The molecule has 6 heteroatoms. The molecule has 114 valence electrons. The van der Waals surface area contributed by atoms with E-state index in [0.29, 0.717) is 18.4 Å². The molecule has 0 saturated carbocycles. The van der Waals surface area contributed by atoms with Crippen LogP contribution in [0.2, 0.25) is 5.15 Å². The number of rotatable bonds is 8. The minimum atomic E-state index is 0.185. The van der Waals surface area contributed by atoms with Gasteiger partial charge in [0.25, 0.3) is 0 Å². The van der Waals surface area contributed by atoms with E-state index in [2.05, 4.69) is 21.8 Å². The molecule has 1 rings (SSSR count). The Bertz CT molecular complexity index is 429. The van der Waals surface area contributed by atoms with Gasteiger partial charge in [0.1, 0.15) is 16.8 Å². The topological polar surface area (TPSA) is 47.5 Å². The highest BCUT2D eigenvalue weighted by Gasteiger charge is 2.20. The van der Waals surface area contributed by atoms with E-state index in [1.807, 2.05) is 13.8 Å². The van der Waals surface area contributed by atoms with Crippen LogP contribution in [0.15, 0.2) is 0 Å². The van der Waals surface area contributed by atoms with Crippen LogP contribution in [-0.2, 0) is 15.9 Å². The maximum Gasteiger partial charge on any atom is 0.137 e. The van der Waals surface area contributed by atoms with Crippen molar-refractivity contribution in [1.29, 1.82) is 0 Å². The first-order valence-electron chi connectivity index (χ1n) is 6.82. The number of aromatic nitrogens is 2. The van der Waals surface area contributed by atoms with E-state index in [4.69, 9.17) is 21.1 Å². The fourth-order valence-corrected chi connectivity index (χ4v) is 2.20. The Balaban J connectivity index is 3.14. The lowest BCUT2D eigenvalue weighted by molar-refractivity contribution is 0.170. The minimum Gasteiger partial charge on any atom is -0.383 e. The Labute approximate surface area is 126 Å². The van der Waals surface area contributed by atoms with Crippen molar-refractivity contribution in [2.75, 3.05) is 38.9 Å². The van der Waals surface area contributed by atoms with Gasteiger partial charge in [-0.05, 0) is 13.8 Å². The van der Waals surface area contributed by atoms with Gasteiger partial charge in [0.15, 0.2) is 0 Å². The van der Waals surface area contributed by atoms with Gasteiger partial charge in [-0.25, -0.2) is 9.97 Å². The van der Waals surface area contributed by atoms with Crippen LogP contribution in [-0.4, -0.2) is 50.0 Å². The molecule has 0 aliphatic carbocycles. The van der Waals surface area contributed by atoms with Gasteiger partial charge in [0.2, 0.25) is 0 Å². The van der Waals surface area contributed by atoms with E-state index >= 15 is 0 Å². The molecular weight excluding hydrogens is 278 g/mol. The first-order chi connectivity index (χ1) is 9.54. The number of anilines is 1. The minimum absolute atomic E-state index is 0.185. The number of hydrogen-bond acceptors (Lipinski definition) is 5. The summed E-state index contributed by atoms with van der Waals surface area (Å²) in [5, 5.41) is 0.513. The molecule has 0 bridgehead atoms. The van der Waals surface area contributed by atoms with Crippen molar-refractivity contribution in [2.24, 2.45) is 0 Å². The Morgan fingerprint density at radius 1 is 1.25 bits per heavy atom. The third-order valence-corrected chi connectivity index (χ3v) is 3.54. The van der Waals surface area contributed by atoms with Crippen molar-refractivity contribution in [3.63, 3.8) is 0 Å². The summed E-state index contributed by atoms with van der Waals surface area (Å²) >= 11 is 6.22. The zero-order valence-electron chi connectivity index (χ0n) is 12.9. The van der Waals surface area contributed by atoms with Crippen LogP contribution in [0.4, 0.5) is 5.82 Å². The molecule has 0 radical (unpaired) electrons. The average Bonchev–Trinajstić information content (AvgIpc) is 2.43. The molecule has 1 atom stereocenters. The Morgan fingerprint density at radius 2 is 1.95 bits per heavy atom. The molecule has 0 spiro atoms.